The highest BCUT2D eigenvalue weighted by Gasteiger charge is 2.40. The number of carboxylic acid groups (broad SMARTS) is 1. The molecule has 0 bridgehead atoms. The van der Waals surface area contributed by atoms with Crippen molar-refractivity contribution in [1.82, 2.24) is 5.32 Å². The minimum Gasteiger partial charge on any atom is -0.481 e. The van der Waals surface area contributed by atoms with Crippen LogP contribution >= 0.6 is 0 Å². The first kappa shape index (κ1) is 14.9. The topological polar surface area (TPSA) is 101 Å². The molecule has 6 nitrogen and oxygen atoms in total. The normalized spacial score (nSPS) is 17.8. The van der Waals surface area contributed by atoms with E-state index in [1.165, 1.54) is 0 Å². The van der Waals surface area contributed by atoms with Crippen LogP contribution in [0.25, 0.3) is 0 Å². The molecule has 0 saturated heterocycles. The molecule has 18 heavy (non-hydrogen) atoms. The van der Waals surface area contributed by atoms with Crippen molar-refractivity contribution in [3.05, 3.63) is 0 Å². The van der Waals surface area contributed by atoms with E-state index in [0.717, 1.165) is 6.42 Å². The first-order valence-electron chi connectivity index (χ1n) is 6.02. The predicted molar refractivity (Wildman–Crippen MR) is 65.9 cm³/mol. The van der Waals surface area contributed by atoms with Gasteiger partial charge in [-0.3, -0.25) is 9.59 Å². The molecule has 1 fully saturated rings. The van der Waals surface area contributed by atoms with Crippen molar-refractivity contribution < 1.29 is 23.1 Å². The lowest BCUT2D eigenvalue weighted by Gasteiger charge is -2.41. The molecule has 1 aliphatic carbocycles. The molecule has 0 aromatic heterocycles. The summed E-state index contributed by atoms with van der Waals surface area (Å²) in [5, 5.41) is 11.4. The van der Waals surface area contributed by atoms with E-state index in [1.54, 1.807) is 6.92 Å². The summed E-state index contributed by atoms with van der Waals surface area (Å²) in [5.74, 6) is -2.15. The van der Waals surface area contributed by atoms with Crippen molar-refractivity contribution in [1.29, 1.82) is 0 Å². The number of nitrogens with one attached hydrogen (secondary N) is 1. The lowest BCUT2D eigenvalue weighted by Crippen LogP contribution is -2.55. The molecule has 0 spiro atoms. The maximum atomic E-state index is 11.6. The Hall–Kier alpha value is -1.11. The fourth-order valence-electron chi connectivity index (χ4n) is 2.15. The molecule has 0 aromatic rings. The largest absolute Gasteiger partial charge is 0.481 e. The summed E-state index contributed by atoms with van der Waals surface area (Å²) in [6.45, 7) is 1.73. The van der Waals surface area contributed by atoms with E-state index in [4.69, 9.17) is 5.11 Å². The maximum absolute atomic E-state index is 11.6. The van der Waals surface area contributed by atoms with Crippen molar-refractivity contribution in [2.45, 2.75) is 44.6 Å². The van der Waals surface area contributed by atoms with Gasteiger partial charge in [0.15, 0.2) is 9.84 Å². The summed E-state index contributed by atoms with van der Waals surface area (Å²) in [5.41, 5.74) is -0.731. The lowest BCUT2D eigenvalue weighted by molar-refractivity contribution is -0.140. The van der Waals surface area contributed by atoms with Gasteiger partial charge in [0.2, 0.25) is 5.91 Å². The Morgan fingerprint density at radius 3 is 2.33 bits per heavy atom. The van der Waals surface area contributed by atoms with Crippen LogP contribution in [0.15, 0.2) is 0 Å². The summed E-state index contributed by atoms with van der Waals surface area (Å²) in [6, 6.07) is 0. The number of hydrogen-bond acceptors (Lipinski definition) is 4. The zero-order valence-corrected chi connectivity index (χ0v) is 11.3. The summed E-state index contributed by atoms with van der Waals surface area (Å²) in [4.78, 5) is 22.3. The van der Waals surface area contributed by atoms with Crippen LogP contribution in [-0.2, 0) is 19.4 Å². The molecule has 1 saturated carbocycles. The number of carbonyl (C=O) groups excluding carboxylic acids is 1. The maximum Gasteiger partial charge on any atom is 0.305 e. The van der Waals surface area contributed by atoms with Gasteiger partial charge in [-0.1, -0.05) is 6.92 Å². The van der Waals surface area contributed by atoms with Crippen LogP contribution in [0.5, 0.6) is 0 Å². The molecule has 2 N–H and O–H groups in total. The summed E-state index contributed by atoms with van der Waals surface area (Å²) >= 11 is 0. The van der Waals surface area contributed by atoms with E-state index in [9.17, 15) is 18.0 Å². The van der Waals surface area contributed by atoms with Gasteiger partial charge in [-0.2, -0.15) is 0 Å². The molecule has 7 heteroatoms. The first-order valence-corrected chi connectivity index (χ1v) is 7.84. The van der Waals surface area contributed by atoms with Crippen LogP contribution in [-0.4, -0.2) is 42.4 Å². The standard InChI is InChI=1S/C11H19NO5S/c1-2-6-18(16,17)8-9(13)12-11(4-3-5-11)7-10(14)15/h2-8H2,1H3,(H,12,13)(H,14,15). The predicted octanol–water partition coefficient (Wildman–Crippen LogP) is 0.325. The highest BCUT2D eigenvalue weighted by Crippen LogP contribution is 2.34. The van der Waals surface area contributed by atoms with E-state index in [-0.39, 0.29) is 12.2 Å². The van der Waals surface area contributed by atoms with Gasteiger partial charge in [-0.05, 0) is 25.7 Å². The van der Waals surface area contributed by atoms with Crippen molar-refractivity contribution in [2.75, 3.05) is 11.5 Å². The Balaban J connectivity index is 2.56. The molecule has 0 atom stereocenters. The quantitative estimate of drug-likeness (QED) is 0.698. The van der Waals surface area contributed by atoms with Gasteiger partial charge in [0, 0.05) is 0 Å². The summed E-state index contributed by atoms with van der Waals surface area (Å²) < 4.78 is 23.0. The van der Waals surface area contributed by atoms with E-state index >= 15 is 0 Å². The van der Waals surface area contributed by atoms with E-state index in [2.05, 4.69) is 5.32 Å². The number of aliphatic carboxylic acids is 1. The summed E-state index contributed by atoms with van der Waals surface area (Å²) in [6.07, 6.45) is 2.37. The minimum atomic E-state index is -3.38. The zero-order chi connectivity index (χ0) is 13.8. The highest BCUT2D eigenvalue weighted by atomic mass is 32.2. The molecule has 0 heterocycles. The number of carbonyl (C=O) groups is 2. The zero-order valence-electron chi connectivity index (χ0n) is 10.4. The smallest absolute Gasteiger partial charge is 0.305 e. The Morgan fingerprint density at radius 2 is 1.94 bits per heavy atom. The van der Waals surface area contributed by atoms with Gasteiger partial charge in [-0.25, -0.2) is 8.42 Å². The molecule has 0 aromatic carbocycles. The van der Waals surface area contributed by atoms with E-state index in [1.807, 2.05) is 0 Å². The van der Waals surface area contributed by atoms with Crippen LogP contribution in [0.3, 0.4) is 0 Å². The van der Waals surface area contributed by atoms with E-state index < -0.39 is 33.0 Å². The van der Waals surface area contributed by atoms with Gasteiger partial charge < -0.3 is 10.4 Å². The monoisotopic (exact) mass is 277 g/mol. The average molecular weight is 277 g/mol. The van der Waals surface area contributed by atoms with Gasteiger partial charge in [-0.15, -0.1) is 0 Å². The fraction of sp³-hybridized carbons (Fsp3) is 0.818. The number of sulfone groups is 1. The van der Waals surface area contributed by atoms with E-state index in [0.29, 0.717) is 19.3 Å². The number of carboxylic acids is 1. The molecular formula is C11H19NO5S. The molecule has 1 aliphatic rings. The molecule has 0 radical (unpaired) electrons. The Labute approximate surface area is 107 Å². The molecule has 1 rings (SSSR count). The second kappa shape index (κ2) is 5.69. The Bertz CT molecular complexity index is 425. The SMILES string of the molecule is CCCS(=O)(=O)CC(=O)NC1(CC(=O)O)CCC1. The highest BCUT2D eigenvalue weighted by molar-refractivity contribution is 7.92. The fourth-order valence-corrected chi connectivity index (χ4v) is 3.39. The molecular weight excluding hydrogens is 258 g/mol. The average Bonchev–Trinajstić information content (AvgIpc) is 2.11. The Morgan fingerprint density at radius 1 is 1.33 bits per heavy atom. The van der Waals surface area contributed by atoms with Gasteiger partial charge in [0.1, 0.15) is 5.75 Å². The number of rotatable bonds is 7. The minimum absolute atomic E-state index is 0.0215. The van der Waals surface area contributed by atoms with Crippen LogP contribution in [0.4, 0.5) is 0 Å². The van der Waals surface area contributed by atoms with Crippen LogP contribution in [0.2, 0.25) is 0 Å². The first-order chi connectivity index (χ1) is 8.29. The Kier molecular flexibility index (Phi) is 4.72. The number of amides is 1. The molecule has 0 unspecified atom stereocenters. The summed E-state index contributed by atoms with van der Waals surface area (Å²) in [7, 11) is -3.38. The second-order valence-corrected chi connectivity index (χ2v) is 7.03. The molecule has 104 valence electrons. The van der Waals surface area contributed by atoms with Crippen LogP contribution < -0.4 is 5.32 Å². The third-order valence-corrected chi connectivity index (χ3v) is 4.80. The third-order valence-electron chi connectivity index (χ3n) is 3.07. The lowest BCUT2D eigenvalue weighted by atomic mass is 9.74. The van der Waals surface area contributed by atoms with Gasteiger partial charge >= 0.3 is 5.97 Å². The van der Waals surface area contributed by atoms with Crippen molar-refractivity contribution in [3.63, 3.8) is 0 Å². The second-order valence-electron chi connectivity index (χ2n) is 4.84. The van der Waals surface area contributed by atoms with Crippen molar-refractivity contribution >= 4 is 21.7 Å². The van der Waals surface area contributed by atoms with Crippen molar-refractivity contribution in [3.8, 4) is 0 Å². The third kappa shape index (κ3) is 4.29. The van der Waals surface area contributed by atoms with Crippen molar-refractivity contribution in [2.24, 2.45) is 0 Å². The van der Waals surface area contributed by atoms with Crippen LogP contribution in [0.1, 0.15) is 39.0 Å². The van der Waals surface area contributed by atoms with Gasteiger partial charge in [0.25, 0.3) is 0 Å². The number of hydrogen-bond donors (Lipinski definition) is 2. The van der Waals surface area contributed by atoms with Crippen LogP contribution in [0, 0.1) is 0 Å². The molecule has 0 aliphatic heterocycles. The van der Waals surface area contributed by atoms with Gasteiger partial charge in [0.05, 0.1) is 17.7 Å². The molecule has 1 amide bonds.